The third-order valence-corrected chi connectivity index (χ3v) is 15.0. The molecule has 0 radical (unpaired) electrons. The Morgan fingerprint density at radius 2 is 0.926 bits per heavy atom. The van der Waals surface area contributed by atoms with Crippen molar-refractivity contribution in [2.24, 2.45) is 0 Å². The zero-order chi connectivity index (χ0) is 44.7. The molecule has 0 atom stereocenters. The van der Waals surface area contributed by atoms with Gasteiger partial charge in [0.05, 0.1) is 11.4 Å². The fourth-order valence-electron chi connectivity index (χ4n) is 10.7. The van der Waals surface area contributed by atoms with E-state index in [0.29, 0.717) is 0 Å². The topological polar surface area (TPSA) is 19.6 Å². The first-order valence-electron chi connectivity index (χ1n) is 23.2. The Balaban J connectivity index is 0.973. The lowest BCUT2D eigenvalue weighted by Gasteiger charge is -2.28. The van der Waals surface area contributed by atoms with Gasteiger partial charge in [-0.3, -0.25) is 0 Å². The van der Waals surface area contributed by atoms with Crippen molar-refractivity contribution in [2.45, 2.75) is 0 Å². The van der Waals surface area contributed by atoms with Gasteiger partial charge in [0.1, 0.15) is 5.58 Å². The SMILES string of the molecule is c1ccc(-c2ccccc2N(c2ccc3c(c2)sc2c4ccc(N(c5ccccc5)c5ccc6c(ccc7ccccc76)c5)cc4c4ccccc4c32)c2cccc3c2oc2ccccc23)cc1. The van der Waals surface area contributed by atoms with Crippen molar-refractivity contribution in [3.8, 4) is 11.1 Å². The van der Waals surface area contributed by atoms with Gasteiger partial charge < -0.3 is 14.2 Å². The standard InChI is InChI=1S/C64H40N2OS/c1-3-16-41(17-4-1)50-22-11-13-27-58(50)66(59-28-15-26-54-52-24-12-14-29-60(52)67-63(54)59)47-34-37-56-61(40-47)68-64-55-36-33-46(39-57(55)51-23-9-10-25-53(51)62(56)64)65(44-19-5-2-6-20-44)45-32-35-49-43(38-45)31-30-42-18-7-8-21-48(42)49/h1-40H. The van der Waals surface area contributed by atoms with E-state index >= 15 is 0 Å². The molecule has 4 heteroatoms. The largest absolute Gasteiger partial charge is 0.454 e. The summed E-state index contributed by atoms with van der Waals surface area (Å²) in [5.41, 5.74) is 10.5. The number of thiophene rings is 1. The zero-order valence-corrected chi connectivity index (χ0v) is 37.6. The quantitative estimate of drug-likeness (QED) is 0.149. The van der Waals surface area contributed by atoms with Gasteiger partial charge >= 0.3 is 0 Å². The van der Waals surface area contributed by atoms with Gasteiger partial charge in [-0.2, -0.15) is 0 Å². The fraction of sp³-hybridized carbons (Fsp3) is 0. The number of anilines is 6. The molecule has 2 aromatic heterocycles. The highest BCUT2D eigenvalue weighted by Gasteiger charge is 2.24. The predicted molar refractivity (Wildman–Crippen MR) is 291 cm³/mol. The van der Waals surface area contributed by atoms with Crippen LogP contribution in [0, 0.1) is 0 Å². The number of hydrogen-bond acceptors (Lipinski definition) is 4. The Morgan fingerprint density at radius 1 is 0.324 bits per heavy atom. The monoisotopic (exact) mass is 884 g/mol. The average molecular weight is 885 g/mol. The van der Waals surface area contributed by atoms with Gasteiger partial charge in [0, 0.05) is 64.6 Å². The molecule has 0 spiro atoms. The third kappa shape index (κ3) is 6.05. The molecule has 14 aromatic rings. The number of rotatable bonds is 7. The molecule has 0 saturated carbocycles. The van der Waals surface area contributed by atoms with Crippen LogP contribution in [-0.4, -0.2) is 0 Å². The van der Waals surface area contributed by atoms with E-state index < -0.39 is 0 Å². The molecule has 3 nitrogen and oxygen atoms in total. The number of fused-ring (bicyclic) bond motifs is 14. The molecule has 68 heavy (non-hydrogen) atoms. The highest BCUT2D eigenvalue weighted by molar-refractivity contribution is 7.27. The van der Waals surface area contributed by atoms with Crippen LogP contribution in [0.5, 0.6) is 0 Å². The Hall–Kier alpha value is -8.70. The van der Waals surface area contributed by atoms with E-state index in [1.807, 2.05) is 17.4 Å². The summed E-state index contributed by atoms with van der Waals surface area (Å²) in [4.78, 5) is 4.79. The summed E-state index contributed by atoms with van der Waals surface area (Å²) < 4.78 is 9.28. The van der Waals surface area contributed by atoms with E-state index in [1.54, 1.807) is 0 Å². The summed E-state index contributed by atoms with van der Waals surface area (Å²) in [6.07, 6.45) is 0. The number of furan rings is 1. The number of benzene rings is 12. The summed E-state index contributed by atoms with van der Waals surface area (Å²) in [6, 6.07) is 88.1. The third-order valence-electron chi connectivity index (χ3n) is 13.8. The summed E-state index contributed by atoms with van der Waals surface area (Å²) in [6.45, 7) is 0. The van der Waals surface area contributed by atoms with E-state index in [4.69, 9.17) is 4.42 Å². The van der Waals surface area contributed by atoms with Crippen molar-refractivity contribution in [1.29, 1.82) is 0 Å². The van der Waals surface area contributed by atoms with Crippen LogP contribution >= 0.6 is 11.3 Å². The van der Waals surface area contributed by atoms with Crippen LogP contribution in [-0.2, 0) is 0 Å². The van der Waals surface area contributed by atoms with Gasteiger partial charge in [-0.15, -0.1) is 11.3 Å². The molecule has 0 aliphatic carbocycles. The molecule has 14 rings (SSSR count). The van der Waals surface area contributed by atoms with E-state index in [9.17, 15) is 0 Å². The molecule has 0 aliphatic rings. The van der Waals surface area contributed by atoms with Gasteiger partial charge in [0.2, 0.25) is 0 Å². The molecular weight excluding hydrogens is 845 g/mol. The second kappa shape index (κ2) is 15.5. The Labute approximate surface area is 396 Å². The van der Waals surface area contributed by atoms with Crippen molar-refractivity contribution < 1.29 is 4.42 Å². The first kappa shape index (κ1) is 38.6. The number of hydrogen-bond donors (Lipinski definition) is 0. The Bertz CT molecular complexity index is 4290. The maximum absolute atomic E-state index is 6.76. The summed E-state index contributed by atoms with van der Waals surface area (Å²) in [5.74, 6) is 0. The van der Waals surface area contributed by atoms with Crippen LogP contribution in [0.15, 0.2) is 247 Å². The smallest absolute Gasteiger partial charge is 0.159 e. The van der Waals surface area contributed by atoms with Crippen LogP contribution in [0.3, 0.4) is 0 Å². The Morgan fingerprint density at radius 3 is 1.78 bits per heavy atom. The molecule has 0 amide bonds. The molecule has 12 aromatic carbocycles. The molecule has 0 bridgehead atoms. The minimum absolute atomic E-state index is 0.863. The van der Waals surface area contributed by atoms with Crippen LogP contribution in [0.25, 0.3) is 96.3 Å². The highest BCUT2D eigenvalue weighted by Crippen LogP contribution is 2.50. The van der Waals surface area contributed by atoms with Crippen LogP contribution in [0.1, 0.15) is 0 Å². The molecule has 318 valence electrons. The predicted octanol–water partition coefficient (Wildman–Crippen LogP) is 19.2. The molecule has 0 unspecified atom stereocenters. The minimum Gasteiger partial charge on any atom is -0.454 e. The highest BCUT2D eigenvalue weighted by atomic mass is 32.1. The number of nitrogens with zero attached hydrogens (tertiary/aromatic N) is 2. The summed E-state index contributed by atoms with van der Waals surface area (Å²) >= 11 is 1.88. The van der Waals surface area contributed by atoms with Crippen LogP contribution < -0.4 is 9.80 Å². The van der Waals surface area contributed by atoms with Gasteiger partial charge in [-0.1, -0.05) is 176 Å². The second-order valence-electron chi connectivity index (χ2n) is 17.6. The van der Waals surface area contributed by atoms with E-state index in [1.165, 1.54) is 63.3 Å². The van der Waals surface area contributed by atoms with E-state index in [0.717, 1.165) is 67.2 Å². The molecule has 0 saturated heterocycles. The lowest BCUT2D eigenvalue weighted by atomic mass is 9.96. The first-order chi connectivity index (χ1) is 33.7. The van der Waals surface area contributed by atoms with Gasteiger partial charge in [0.15, 0.2) is 5.58 Å². The van der Waals surface area contributed by atoms with Crippen molar-refractivity contribution in [3.63, 3.8) is 0 Å². The maximum Gasteiger partial charge on any atom is 0.159 e. The second-order valence-corrected chi connectivity index (χ2v) is 18.6. The van der Waals surface area contributed by atoms with Crippen molar-refractivity contribution in [3.05, 3.63) is 243 Å². The van der Waals surface area contributed by atoms with E-state index in [2.05, 4.69) is 246 Å². The molecule has 0 aliphatic heterocycles. The molecular formula is C64H40N2OS. The zero-order valence-electron chi connectivity index (χ0n) is 36.8. The maximum atomic E-state index is 6.76. The first-order valence-corrected chi connectivity index (χ1v) is 24.0. The molecule has 2 heterocycles. The van der Waals surface area contributed by atoms with Crippen molar-refractivity contribution in [1.82, 2.24) is 0 Å². The lowest BCUT2D eigenvalue weighted by Crippen LogP contribution is -2.11. The normalized spacial score (nSPS) is 11.8. The van der Waals surface area contributed by atoms with E-state index in [-0.39, 0.29) is 0 Å². The van der Waals surface area contributed by atoms with Crippen LogP contribution in [0.4, 0.5) is 34.1 Å². The lowest BCUT2D eigenvalue weighted by molar-refractivity contribution is 0.669. The summed E-state index contributed by atoms with van der Waals surface area (Å²) in [5, 5.41) is 14.8. The van der Waals surface area contributed by atoms with Crippen molar-refractivity contribution in [2.75, 3.05) is 9.80 Å². The van der Waals surface area contributed by atoms with Gasteiger partial charge in [-0.05, 0) is 110 Å². The number of para-hydroxylation sites is 4. The fourth-order valence-corrected chi connectivity index (χ4v) is 12.0. The minimum atomic E-state index is 0.863. The molecule has 0 fully saturated rings. The van der Waals surface area contributed by atoms with Crippen LogP contribution in [0.2, 0.25) is 0 Å². The van der Waals surface area contributed by atoms with Gasteiger partial charge in [-0.25, -0.2) is 0 Å². The van der Waals surface area contributed by atoms with Crippen molar-refractivity contribution >= 4 is 131 Å². The summed E-state index contributed by atoms with van der Waals surface area (Å²) in [7, 11) is 0. The van der Waals surface area contributed by atoms with Gasteiger partial charge in [0.25, 0.3) is 0 Å². The average Bonchev–Trinajstić information content (AvgIpc) is 3.99. The molecule has 0 N–H and O–H groups in total. The Kier molecular flexibility index (Phi) is 8.76.